The van der Waals surface area contributed by atoms with Crippen LogP contribution in [-0.2, 0) is 4.79 Å². The number of halogens is 2. The van der Waals surface area contributed by atoms with Crippen molar-refractivity contribution in [3.8, 4) is 11.4 Å². The third-order valence-electron chi connectivity index (χ3n) is 3.84. The highest BCUT2D eigenvalue weighted by Crippen LogP contribution is 2.28. The molecular weight excluding hydrogens is 335 g/mol. The molecule has 0 spiro atoms. The molecule has 1 saturated heterocycles. The average molecular weight is 347 g/mol. The molecule has 0 aliphatic carbocycles. The SMILES string of the molecule is O=C1NCC[C@@H]1Nc1nc(-c2c[nH]c3ncc(Cl)cc23)ncc1F. The first-order valence-electron chi connectivity index (χ1n) is 7.31. The fraction of sp³-hybridized carbons (Fsp3) is 0.200. The smallest absolute Gasteiger partial charge is 0.242 e. The largest absolute Gasteiger partial charge is 0.356 e. The summed E-state index contributed by atoms with van der Waals surface area (Å²) in [5.74, 6) is -0.480. The lowest BCUT2D eigenvalue weighted by Crippen LogP contribution is -2.30. The van der Waals surface area contributed by atoms with E-state index in [-0.39, 0.29) is 11.7 Å². The standard InChI is InChI=1S/C15H12ClFN6O/c16-7-3-8-9(5-20-12(8)19-4-7)13-21-6-10(17)14(23-13)22-11-1-2-18-15(11)24/h3-6,11H,1-2H2,(H,18,24)(H,19,20)(H,21,22,23)/t11-/m0/s1. The summed E-state index contributed by atoms with van der Waals surface area (Å²) in [7, 11) is 0. The first-order valence-corrected chi connectivity index (χ1v) is 7.69. The van der Waals surface area contributed by atoms with Crippen LogP contribution in [0.1, 0.15) is 6.42 Å². The third kappa shape index (κ3) is 2.54. The summed E-state index contributed by atoms with van der Waals surface area (Å²) in [6.45, 7) is 0.558. The van der Waals surface area contributed by atoms with Crippen molar-refractivity contribution in [2.45, 2.75) is 12.5 Å². The molecule has 24 heavy (non-hydrogen) atoms. The van der Waals surface area contributed by atoms with Crippen molar-refractivity contribution < 1.29 is 9.18 Å². The van der Waals surface area contributed by atoms with E-state index in [9.17, 15) is 9.18 Å². The van der Waals surface area contributed by atoms with Gasteiger partial charge in [0.1, 0.15) is 11.7 Å². The van der Waals surface area contributed by atoms with Gasteiger partial charge in [-0.25, -0.2) is 19.3 Å². The number of carbonyl (C=O) groups is 1. The van der Waals surface area contributed by atoms with Crippen molar-refractivity contribution in [2.24, 2.45) is 0 Å². The summed E-state index contributed by atoms with van der Waals surface area (Å²) < 4.78 is 14.0. The van der Waals surface area contributed by atoms with Gasteiger partial charge >= 0.3 is 0 Å². The Bertz CT molecular complexity index is 943. The molecule has 1 aliphatic heterocycles. The zero-order chi connectivity index (χ0) is 16.7. The molecule has 3 aromatic heterocycles. The van der Waals surface area contributed by atoms with Gasteiger partial charge in [0, 0.05) is 29.9 Å². The number of amides is 1. The summed E-state index contributed by atoms with van der Waals surface area (Å²) in [4.78, 5) is 27.1. The summed E-state index contributed by atoms with van der Waals surface area (Å²) in [5, 5.41) is 6.73. The van der Waals surface area contributed by atoms with Gasteiger partial charge in [-0.05, 0) is 12.5 Å². The molecule has 1 fully saturated rings. The van der Waals surface area contributed by atoms with Crippen LogP contribution in [0.15, 0.2) is 24.7 Å². The third-order valence-corrected chi connectivity index (χ3v) is 4.05. The van der Waals surface area contributed by atoms with Crippen molar-refractivity contribution in [1.82, 2.24) is 25.3 Å². The first-order chi connectivity index (χ1) is 11.6. The molecule has 0 radical (unpaired) electrons. The van der Waals surface area contributed by atoms with Crippen LogP contribution in [0.3, 0.4) is 0 Å². The number of aromatic nitrogens is 4. The maximum Gasteiger partial charge on any atom is 0.242 e. The Morgan fingerprint density at radius 3 is 3.00 bits per heavy atom. The molecule has 0 unspecified atom stereocenters. The molecule has 3 N–H and O–H groups in total. The van der Waals surface area contributed by atoms with Crippen molar-refractivity contribution in [1.29, 1.82) is 0 Å². The zero-order valence-electron chi connectivity index (χ0n) is 12.3. The highest BCUT2D eigenvalue weighted by atomic mass is 35.5. The Labute approximate surface area is 140 Å². The van der Waals surface area contributed by atoms with Gasteiger partial charge in [-0.1, -0.05) is 11.6 Å². The quantitative estimate of drug-likeness (QED) is 0.675. The fourth-order valence-electron chi connectivity index (χ4n) is 2.66. The van der Waals surface area contributed by atoms with Gasteiger partial charge < -0.3 is 15.6 Å². The molecule has 0 bridgehead atoms. The van der Waals surface area contributed by atoms with Gasteiger partial charge in [-0.15, -0.1) is 0 Å². The van der Waals surface area contributed by atoms with Gasteiger partial charge in [0.15, 0.2) is 17.5 Å². The summed E-state index contributed by atoms with van der Waals surface area (Å²) >= 11 is 5.99. The lowest BCUT2D eigenvalue weighted by atomic mass is 10.2. The van der Waals surface area contributed by atoms with Crippen molar-refractivity contribution in [3.63, 3.8) is 0 Å². The number of hydrogen-bond donors (Lipinski definition) is 3. The Hall–Kier alpha value is -2.74. The van der Waals surface area contributed by atoms with Crippen LogP contribution in [0.25, 0.3) is 22.4 Å². The van der Waals surface area contributed by atoms with Gasteiger partial charge in [0.2, 0.25) is 5.91 Å². The first kappa shape index (κ1) is 14.8. The molecule has 4 rings (SSSR count). The molecule has 1 aliphatic rings. The lowest BCUT2D eigenvalue weighted by Gasteiger charge is -2.11. The second kappa shape index (κ2) is 5.72. The number of carbonyl (C=O) groups excluding carboxylic acids is 1. The number of pyridine rings is 1. The van der Waals surface area contributed by atoms with Crippen molar-refractivity contribution >= 4 is 34.4 Å². The minimum Gasteiger partial charge on any atom is -0.356 e. The van der Waals surface area contributed by atoms with Gasteiger partial charge in [-0.3, -0.25) is 4.79 Å². The number of aromatic amines is 1. The predicted octanol–water partition coefficient (Wildman–Crippen LogP) is 2.11. The van der Waals surface area contributed by atoms with Gasteiger partial charge in [-0.2, -0.15) is 0 Å². The molecular formula is C15H12ClFN6O. The van der Waals surface area contributed by atoms with Gasteiger partial charge in [0.05, 0.1) is 11.2 Å². The van der Waals surface area contributed by atoms with Crippen LogP contribution >= 0.6 is 11.6 Å². The predicted molar refractivity (Wildman–Crippen MR) is 87.1 cm³/mol. The maximum atomic E-state index is 14.0. The van der Waals surface area contributed by atoms with Crippen molar-refractivity contribution in [3.05, 3.63) is 35.5 Å². The number of hydrogen-bond acceptors (Lipinski definition) is 5. The van der Waals surface area contributed by atoms with E-state index in [0.29, 0.717) is 35.0 Å². The van der Waals surface area contributed by atoms with Crippen LogP contribution in [0.2, 0.25) is 5.02 Å². The van der Waals surface area contributed by atoms with E-state index >= 15 is 0 Å². The molecule has 1 atom stereocenters. The number of rotatable bonds is 3. The molecule has 4 heterocycles. The van der Waals surface area contributed by atoms with Crippen LogP contribution in [0, 0.1) is 5.82 Å². The second-order valence-electron chi connectivity index (χ2n) is 5.42. The monoisotopic (exact) mass is 346 g/mol. The molecule has 0 aromatic carbocycles. The molecule has 7 nitrogen and oxygen atoms in total. The van der Waals surface area contributed by atoms with Crippen LogP contribution in [0.4, 0.5) is 10.2 Å². The molecule has 122 valence electrons. The normalized spacial score (nSPS) is 17.2. The van der Waals surface area contributed by atoms with Crippen LogP contribution in [-0.4, -0.2) is 38.4 Å². The van der Waals surface area contributed by atoms with Crippen LogP contribution in [0.5, 0.6) is 0 Å². The van der Waals surface area contributed by atoms with E-state index in [1.807, 2.05) is 0 Å². The van der Waals surface area contributed by atoms with E-state index in [1.165, 1.54) is 6.20 Å². The Morgan fingerprint density at radius 2 is 2.21 bits per heavy atom. The zero-order valence-corrected chi connectivity index (χ0v) is 13.1. The summed E-state index contributed by atoms with van der Waals surface area (Å²) in [6.07, 6.45) is 4.87. The average Bonchev–Trinajstić information content (AvgIpc) is 3.16. The Balaban J connectivity index is 1.74. The number of anilines is 1. The van der Waals surface area contributed by atoms with E-state index in [2.05, 4.69) is 30.6 Å². The minimum absolute atomic E-state index is 0.00797. The van der Waals surface area contributed by atoms with E-state index in [1.54, 1.807) is 12.3 Å². The molecule has 0 saturated carbocycles. The van der Waals surface area contributed by atoms with Crippen molar-refractivity contribution in [2.75, 3.05) is 11.9 Å². The van der Waals surface area contributed by atoms with Gasteiger partial charge in [0.25, 0.3) is 0 Å². The topological polar surface area (TPSA) is 95.6 Å². The lowest BCUT2D eigenvalue weighted by molar-refractivity contribution is -0.119. The maximum absolute atomic E-state index is 14.0. The molecule has 9 heteroatoms. The Morgan fingerprint density at radius 1 is 1.33 bits per heavy atom. The van der Waals surface area contributed by atoms with E-state index in [4.69, 9.17) is 11.6 Å². The van der Waals surface area contributed by atoms with Crippen LogP contribution < -0.4 is 10.6 Å². The summed E-state index contributed by atoms with van der Waals surface area (Å²) in [5.41, 5.74) is 1.28. The fourth-order valence-corrected chi connectivity index (χ4v) is 2.82. The molecule has 1 amide bonds. The summed E-state index contributed by atoms with van der Waals surface area (Å²) in [6, 6.07) is 1.24. The van der Waals surface area contributed by atoms with E-state index < -0.39 is 11.9 Å². The number of nitrogens with zero attached hydrogens (tertiary/aromatic N) is 3. The van der Waals surface area contributed by atoms with E-state index in [0.717, 1.165) is 11.6 Å². The highest BCUT2D eigenvalue weighted by Gasteiger charge is 2.25. The molecule has 3 aromatic rings. The second-order valence-corrected chi connectivity index (χ2v) is 5.86. The number of H-pyrrole nitrogens is 1. The number of fused-ring (bicyclic) bond motifs is 1. The minimum atomic E-state index is -0.616. The number of nitrogens with one attached hydrogen (secondary N) is 3. The highest BCUT2D eigenvalue weighted by molar-refractivity contribution is 6.31. The Kier molecular flexibility index (Phi) is 3.53.